The highest BCUT2D eigenvalue weighted by Crippen LogP contribution is 2.26. The van der Waals surface area contributed by atoms with Crippen LogP contribution in [0, 0.1) is 11.3 Å². The summed E-state index contributed by atoms with van der Waals surface area (Å²) < 4.78 is 0. The van der Waals surface area contributed by atoms with E-state index in [9.17, 15) is 67.7 Å². The molecular formula is C89H126N24O19S. The van der Waals surface area contributed by atoms with Crippen LogP contribution in [0.15, 0.2) is 104 Å². The van der Waals surface area contributed by atoms with Crippen molar-refractivity contribution in [3.8, 4) is 0 Å². The number of imidazole rings is 1. The molecule has 2 aliphatic rings. The summed E-state index contributed by atoms with van der Waals surface area (Å²) in [7, 11) is 5.18. The molecule has 133 heavy (non-hydrogen) atoms. The van der Waals surface area contributed by atoms with Crippen LogP contribution in [0.5, 0.6) is 0 Å². The van der Waals surface area contributed by atoms with Crippen LogP contribution in [-0.4, -0.2) is 318 Å². The number of amides is 17. The molecule has 722 valence electrons. The molecule has 2 aliphatic heterocycles. The highest BCUT2D eigenvalue weighted by molar-refractivity contribution is 8.00. The number of hydrogen-bond donors (Lipinski definition) is 20. The van der Waals surface area contributed by atoms with Gasteiger partial charge in [0.15, 0.2) is 5.96 Å². The summed E-state index contributed by atoms with van der Waals surface area (Å²) in [6.07, 6.45) is 3.55. The number of aromatic amines is 3. The number of H-pyrrole nitrogens is 3. The lowest BCUT2D eigenvalue weighted by Crippen LogP contribution is -2.61. The summed E-state index contributed by atoms with van der Waals surface area (Å²) in [5.74, 6) is -17.9. The summed E-state index contributed by atoms with van der Waals surface area (Å²) in [6, 6.07) is 2.08. The number of primary amides is 2. The van der Waals surface area contributed by atoms with E-state index in [1.165, 1.54) is 47.6 Å². The number of likely N-dealkylation sites (N-methyl/N-ethyl adjacent to an activating group) is 4. The van der Waals surface area contributed by atoms with Crippen LogP contribution in [0.25, 0.3) is 21.8 Å². The Balaban J connectivity index is 1.19. The number of thioether (sulfide) groups is 1. The van der Waals surface area contributed by atoms with Crippen molar-refractivity contribution in [1.29, 1.82) is 5.41 Å². The molecule has 8 rings (SSSR count). The first-order valence-corrected chi connectivity index (χ1v) is 45.4. The van der Waals surface area contributed by atoms with E-state index in [1.54, 1.807) is 105 Å². The van der Waals surface area contributed by atoms with E-state index in [4.69, 9.17) is 22.6 Å². The maximum atomic E-state index is 15.7. The Morgan fingerprint density at radius 2 is 1.08 bits per heavy atom. The molecule has 0 radical (unpaired) electrons. The minimum atomic E-state index is -1.86. The Kier molecular flexibility index (Phi) is 40.0. The number of nitrogens with two attached hydrogens (primary N) is 3. The average molecular weight is 1870 g/mol. The maximum absolute atomic E-state index is 15.7. The summed E-state index contributed by atoms with van der Waals surface area (Å²) in [5.41, 5.74) is 19.9. The number of aromatic nitrogens is 4. The van der Waals surface area contributed by atoms with Gasteiger partial charge in [0.25, 0.3) is 0 Å². The number of unbranched alkanes of at least 4 members (excludes halogenated alkanes) is 2. The molecule has 43 nitrogen and oxygen atoms in total. The number of benzene rings is 3. The van der Waals surface area contributed by atoms with Gasteiger partial charge in [-0.25, -0.2) is 4.98 Å². The van der Waals surface area contributed by atoms with Gasteiger partial charge in [-0.15, -0.1) is 11.8 Å². The van der Waals surface area contributed by atoms with Gasteiger partial charge in [-0.3, -0.25) is 86.9 Å². The number of fused-ring (bicyclic) bond motifs is 3. The van der Waals surface area contributed by atoms with Crippen LogP contribution in [-0.2, 0) is 107 Å². The fourth-order valence-electron chi connectivity index (χ4n) is 15.8. The van der Waals surface area contributed by atoms with Crippen LogP contribution in [0.3, 0.4) is 0 Å². The molecule has 0 aliphatic carbocycles. The molecule has 0 bridgehead atoms. The van der Waals surface area contributed by atoms with E-state index < -0.39 is 242 Å². The Labute approximate surface area is 773 Å². The first-order valence-electron chi connectivity index (χ1n) is 44.3. The number of nitrogens with zero attached hydrogens (tertiary/aromatic N) is 6. The van der Waals surface area contributed by atoms with Crippen LogP contribution in [0.4, 0.5) is 0 Å². The van der Waals surface area contributed by atoms with Gasteiger partial charge < -0.3 is 125 Å². The van der Waals surface area contributed by atoms with Gasteiger partial charge in [0.2, 0.25) is 100 Å². The lowest BCUT2D eigenvalue weighted by atomic mass is 10.00. The number of aliphatic hydroxyl groups is 2. The van der Waals surface area contributed by atoms with Crippen LogP contribution in [0.2, 0.25) is 0 Å². The molecule has 14 atom stereocenters. The number of carbonyl (C=O) groups is 17. The Hall–Kier alpha value is -13.5. The van der Waals surface area contributed by atoms with E-state index in [1.807, 2.05) is 13.8 Å². The summed E-state index contributed by atoms with van der Waals surface area (Å²) in [6.45, 7) is 5.32. The molecule has 2 fully saturated rings. The van der Waals surface area contributed by atoms with Gasteiger partial charge in [-0.05, 0) is 73.8 Å². The predicted molar refractivity (Wildman–Crippen MR) is 491 cm³/mol. The lowest BCUT2D eigenvalue weighted by Gasteiger charge is -2.36. The van der Waals surface area contributed by atoms with E-state index >= 15 is 24.0 Å². The molecule has 3 aromatic carbocycles. The Bertz CT molecular complexity index is 5090. The second-order valence-electron chi connectivity index (χ2n) is 33.9. The molecule has 6 aromatic rings. The summed E-state index contributed by atoms with van der Waals surface area (Å²) >= 11 is 0.780. The van der Waals surface area contributed by atoms with E-state index in [2.05, 4.69) is 78.4 Å². The highest BCUT2D eigenvalue weighted by Gasteiger charge is 2.46. The standard InChI is InChI=1S/C89H126N24O19S/c1-10-12-29-69-82(126)102-60(28-21-31-95-89(92)93)78(122)108-68(77(121)98-42-73(91)117)46-133-47-75(119)101-64(33-51-22-15-14-16-23-51)85(129)110(7)50(5)76(120)104-66(38-72(90)116)87(131)113-43-55(115)37-71(113)83(127)103-62(36-54-41-94-48-99-54)80(124)105-63(32-49(3)4)84(128)109(6)44-74(118)100-61(34-52-39-96-58-26-19-17-24-56(52)58)79(123)107-67(45-114)81(125)106-65(35-53-40-97-59-27-20-18-25-57(53)59)86(130)112(9)70(30-13-11-2)88(132)111(69)8/h14-20,22-27,39-41,48-50,55,60-71,96-97,114-115H,10-13,21,28-38,42-47H2,1-9H3,(H2,90,116)(H2,91,117)(H,94,99)(H,98,121)(H,100,118)(H,101,119)(H,102,126)(H,103,127)(H,104,120)(H,105,124)(H,106,125)(H,107,123)(H,108,122)(H4,92,93,95)/t50-,55+,60-,61-,62-,63-,64-,65-,66-,67-,68-,69-,70-,71?/m0/s1. The number of hydrogen-bond acceptors (Lipinski definition) is 22. The molecule has 0 spiro atoms. The van der Waals surface area contributed by atoms with Crippen LogP contribution in [0.1, 0.15) is 128 Å². The van der Waals surface area contributed by atoms with Gasteiger partial charge in [0, 0.05) is 125 Å². The zero-order chi connectivity index (χ0) is 97.4. The Morgan fingerprint density at radius 3 is 1.67 bits per heavy atom. The Morgan fingerprint density at radius 1 is 0.541 bits per heavy atom. The van der Waals surface area contributed by atoms with Crippen molar-refractivity contribution in [2.75, 3.05) is 72.5 Å². The SMILES string of the molecule is CCCC[C@H]1C(=O)N(C)[C@@H](CCCC)C(=O)N[C@@H](CCCNC(=N)N)C(=O)N[C@H](C(=O)NCC(N)=O)CSCC(=O)N[C@@H](Cc2ccccc2)C(=O)N(C)[C@@H](C)C(=O)N[C@@H](CC(N)=O)C(=O)N2C[C@H](O)CC2C(=O)N[C@@H](Cc2cnc[nH]2)C(=O)N[C@@H](CC(C)C)C(=O)N(C)CC(=O)N[C@@H](Cc2c[nH]c3ccccc23)C(=O)N[C@@H](CO)C(=O)N[C@@H](Cc2c[nH]c3ccccc23)C(=O)N1C. The zero-order valence-corrected chi connectivity index (χ0v) is 77.0. The quantitative estimate of drug-likeness (QED) is 0.0145. The van der Waals surface area contributed by atoms with Crippen molar-refractivity contribution in [2.24, 2.45) is 23.1 Å². The van der Waals surface area contributed by atoms with Crippen molar-refractivity contribution in [3.05, 3.63) is 126 Å². The number of guanidine groups is 1. The largest absolute Gasteiger partial charge is 0.394 e. The fourth-order valence-corrected chi connectivity index (χ4v) is 16.7. The first-order chi connectivity index (χ1) is 63.3. The normalized spacial score (nSPS) is 24.0. The highest BCUT2D eigenvalue weighted by atomic mass is 32.2. The maximum Gasteiger partial charge on any atom is 0.246 e. The van der Waals surface area contributed by atoms with Crippen molar-refractivity contribution in [2.45, 2.75) is 216 Å². The van der Waals surface area contributed by atoms with Gasteiger partial charge in [0.1, 0.15) is 78.5 Å². The molecule has 2 saturated heterocycles. The van der Waals surface area contributed by atoms with Gasteiger partial charge in [-0.1, -0.05) is 120 Å². The van der Waals surface area contributed by atoms with E-state index in [0.717, 1.165) is 36.3 Å². The van der Waals surface area contributed by atoms with Crippen molar-refractivity contribution in [1.82, 2.24) is 103 Å². The number of para-hydroxylation sites is 2. The predicted octanol–water partition coefficient (Wildman–Crippen LogP) is -3.17. The number of aliphatic hydroxyl groups excluding tert-OH is 2. The van der Waals surface area contributed by atoms with Crippen LogP contribution < -0.4 is 75.7 Å². The van der Waals surface area contributed by atoms with Gasteiger partial charge >= 0.3 is 0 Å². The van der Waals surface area contributed by atoms with Gasteiger partial charge in [0.05, 0.1) is 44.3 Å². The molecule has 0 saturated carbocycles. The third-order valence-electron chi connectivity index (χ3n) is 23.2. The number of nitrogens with one attached hydrogen (secondary N) is 15. The topological polar surface area (TPSA) is 641 Å². The number of carbonyl (C=O) groups excluding carboxylic acids is 17. The van der Waals surface area contributed by atoms with E-state index in [-0.39, 0.29) is 70.3 Å². The minimum absolute atomic E-state index is 0.000395. The smallest absolute Gasteiger partial charge is 0.246 e. The molecule has 44 heteroatoms. The zero-order valence-electron chi connectivity index (χ0n) is 76.2. The summed E-state index contributed by atoms with van der Waals surface area (Å²) in [4.78, 5) is 267. The third-order valence-corrected chi connectivity index (χ3v) is 24.2. The minimum Gasteiger partial charge on any atom is -0.394 e. The summed E-state index contributed by atoms with van der Waals surface area (Å²) in [5, 5.41) is 60.3. The van der Waals surface area contributed by atoms with Crippen molar-refractivity contribution in [3.63, 3.8) is 0 Å². The van der Waals surface area contributed by atoms with Crippen LogP contribution >= 0.6 is 11.8 Å². The van der Waals surface area contributed by atoms with Crippen molar-refractivity contribution < 1.29 is 91.7 Å². The molecule has 23 N–H and O–H groups in total. The molecule has 3 aromatic heterocycles. The molecule has 1 unspecified atom stereocenters. The first kappa shape index (κ1) is 105. The average Bonchev–Trinajstić information content (AvgIpc) is 1.43. The third kappa shape index (κ3) is 30.5. The van der Waals surface area contributed by atoms with Gasteiger partial charge in [-0.2, -0.15) is 0 Å². The van der Waals surface area contributed by atoms with E-state index in [0.29, 0.717) is 69.9 Å². The number of rotatable bonds is 26. The second-order valence-corrected chi connectivity index (χ2v) is 34.9. The monoisotopic (exact) mass is 1870 g/mol. The molecule has 5 heterocycles. The van der Waals surface area contributed by atoms with Crippen molar-refractivity contribution >= 4 is 140 Å². The second kappa shape index (κ2) is 50.8. The molecular weight excluding hydrogens is 1740 g/mol. The molecule has 17 amide bonds. The lowest BCUT2D eigenvalue weighted by molar-refractivity contribution is -0.149. The fraction of sp³-hybridized carbons (Fsp3) is 0.517.